The summed E-state index contributed by atoms with van der Waals surface area (Å²) in [7, 11) is -2.08. The Kier molecular flexibility index (Phi) is 4.10. The molecule has 1 heterocycles. The molecule has 0 aliphatic heterocycles. The van der Waals surface area contributed by atoms with Crippen LogP contribution in [0.3, 0.4) is 0 Å². The lowest BCUT2D eigenvalue weighted by molar-refractivity contribution is 0.0701. The molecule has 106 valence electrons. The van der Waals surface area contributed by atoms with Crippen molar-refractivity contribution in [1.82, 2.24) is 0 Å². The maximum atomic E-state index is 12.2. The van der Waals surface area contributed by atoms with E-state index >= 15 is 0 Å². The molecule has 0 aliphatic rings. The van der Waals surface area contributed by atoms with E-state index in [0.717, 1.165) is 11.3 Å². The first-order valence-corrected chi connectivity index (χ1v) is 8.13. The van der Waals surface area contributed by atoms with Gasteiger partial charge in [0.15, 0.2) is 9.84 Å². The molecule has 1 aromatic heterocycles. The number of methoxy groups -OCH3 is 1. The van der Waals surface area contributed by atoms with E-state index in [1.807, 2.05) is 0 Å². The number of carboxylic acid groups (broad SMARTS) is 1. The van der Waals surface area contributed by atoms with Gasteiger partial charge in [-0.2, -0.15) is 0 Å². The van der Waals surface area contributed by atoms with Crippen molar-refractivity contribution >= 4 is 27.1 Å². The summed E-state index contributed by atoms with van der Waals surface area (Å²) in [6.45, 7) is 0. The largest absolute Gasteiger partial charge is 0.497 e. The minimum atomic E-state index is -3.58. The Morgan fingerprint density at radius 2 is 1.90 bits per heavy atom. The number of hydrogen-bond acceptors (Lipinski definition) is 5. The molecule has 20 heavy (non-hydrogen) atoms. The minimum Gasteiger partial charge on any atom is -0.497 e. The van der Waals surface area contributed by atoms with Crippen molar-refractivity contribution in [1.29, 1.82) is 0 Å². The summed E-state index contributed by atoms with van der Waals surface area (Å²) < 4.78 is 29.5. The molecule has 0 aliphatic carbocycles. The van der Waals surface area contributed by atoms with Crippen LogP contribution >= 0.6 is 11.3 Å². The third kappa shape index (κ3) is 3.00. The van der Waals surface area contributed by atoms with Gasteiger partial charge in [-0.1, -0.05) is 0 Å². The highest BCUT2D eigenvalue weighted by molar-refractivity contribution is 7.90. The molecule has 0 spiro atoms. The van der Waals surface area contributed by atoms with Crippen LogP contribution in [0, 0.1) is 0 Å². The number of aromatic carboxylic acids is 1. The van der Waals surface area contributed by atoms with Crippen molar-refractivity contribution in [3.63, 3.8) is 0 Å². The Balaban J connectivity index is 2.30. The van der Waals surface area contributed by atoms with E-state index in [1.165, 1.54) is 25.3 Å². The Hall–Kier alpha value is -1.86. The van der Waals surface area contributed by atoms with Crippen molar-refractivity contribution in [3.05, 3.63) is 46.2 Å². The second-order valence-corrected chi connectivity index (χ2v) is 6.92. The van der Waals surface area contributed by atoms with E-state index in [9.17, 15) is 13.2 Å². The Morgan fingerprint density at radius 3 is 2.45 bits per heavy atom. The zero-order valence-corrected chi connectivity index (χ0v) is 12.2. The second kappa shape index (κ2) is 5.64. The molecular weight excluding hydrogens is 300 g/mol. The fourth-order valence-corrected chi connectivity index (χ4v) is 3.93. The zero-order chi connectivity index (χ0) is 14.8. The maximum absolute atomic E-state index is 12.2. The summed E-state index contributed by atoms with van der Waals surface area (Å²) in [5.74, 6) is -0.879. The van der Waals surface area contributed by atoms with Crippen molar-refractivity contribution in [2.24, 2.45) is 0 Å². The smallest absolute Gasteiger partial charge is 0.346 e. The molecule has 0 amide bonds. The van der Waals surface area contributed by atoms with Crippen LogP contribution < -0.4 is 4.74 Å². The lowest BCUT2D eigenvalue weighted by Gasteiger charge is -2.05. The van der Waals surface area contributed by atoms with Gasteiger partial charge in [-0.05, 0) is 41.3 Å². The zero-order valence-electron chi connectivity index (χ0n) is 10.6. The Morgan fingerprint density at radius 1 is 1.25 bits per heavy atom. The summed E-state index contributed by atoms with van der Waals surface area (Å²) in [5.41, 5.74) is 0.304. The second-order valence-electron chi connectivity index (χ2n) is 4.01. The summed E-state index contributed by atoms with van der Waals surface area (Å²) in [4.78, 5) is 11.2. The fraction of sp³-hybridized carbons (Fsp3) is 0.154. The topological polar surface area (TPSA) is 80.7 Å². The quantitative estimate of drug-likeness (QED) is 0.917. The number of carboxylic acids is 1. The van der Waals surface area contributed by atoms with Crippen LogP contribution in [0.1, 0.15) is 15.2 Å². The molecule has 0 saturated carbocycles. The predicted molar refractivity (Wildman–Crippen MR) is 75.2 cm³/mol. The van der Waals surface area contributed by atoms with Gasteiger partial charge in [0.1, 0.15) is 10.6 Å². The molecule has 2 aromatic rings. The van der Waals surface area contributed by atoms with Crippen LogP contribution in [-0.2, 0) is 15.6 Å². The number of ether oxygens (including phenoxy) is 1. The average molecular weight is 312 g/mol. The molecule has 5 nitrogen and oxygen atoms in total. The summed E-state index contributed by atoms with van der Waals surface area (Å²) in [5, 5.41) is 10.6. The van der Waals surface area contributed by atoms with E-state index in [4.69, 9.17) is 9.84 Å². The molecule has 0 unspecified atom stereocenters. The van der Waals surface area contributed by atoms with E-state index in [2.05, 4.69) is 0 Å². The van der Waals surface area contributed by atoms with Gasteiger partial charge in [0.2, 0.25) is 0 Å². The summed E-state index contributed by atoms with van der Waals surface area (Å²) in [6.07, 6.45) is 0. The number of rotatable bonds is 5. The molecular formula is C13H12O5S2. The van der Waals surface area contributed by atoms with Crippen LogP contribution in [0.5, 0.6) is 5.75 Å². The first kappa shape index (κ1) is 14.5. The van der Waals surface area contributed by atoms with Gasteiger partial charge in [0.05, 0.1) is 17.8 Å². The number of carbonyl (C=O) groups is 1. The first-order chi connectivity index (χ1) is 9.44. The first-order valence-electron chi connectivity index (χ1n) is 5.60. The van der Waals surface area contributed by atoms with Gasteiger partial charge in [0.25, 0.3) is 0 Å². The third-order valence-corrected chi connectivity index (χ3v) is 5.33. The average Bonchev–Trinajstić information content (AvgIpc) is 2.86. The van der Waals surface area contributed by atoms with Gasteiger partial charge in [-0.25, -0.2) is 13.2 Å². The van der Waals surface area contributed by atoms with Crippen molar-refractivity contribution < 1.29 is 23.1 Å². The maximum Gasteiger partial charge on any atom is 0.346 e. The van der Waals surface area contributed by atoms with Crippen molar-refractivity contribution in [2.45, 2.75) is 10.6 Å². The predicted octanol–water partition coefficient (Wildman–Crippen LogP) is 2.43. The number of benzene rings is 1. The highest BCUT2D eigenvalue weighted by atomic mass is 32.2. The molecule has 0 bridgehead atoms. The molecule has 1 N–H and O–H groups in total. The lowest BCUT2D eigenvalue weighted by Crippen LogP contribution is -2.07. The van der Waals surface area contributed by atoms with Gasteiger partial charge < -0.3 is 9.84 Å². The van der Waals surface area contributed by atoms with E-state index in [1.54, 1.807) is 17.5 Å². The van der Waals surface area contributed by atoms with Crippen molar-refractivity contribution in [3.8, 4) is 5.75 Å². The molecule has 0 fully saturated rings. The van der Waals surface area contributed by atoms with Crippen LogP contribution in [0.15, 0.2) is 40.6 Å². The number of hydrogen-bond donors (Lipinski definition) is 1. The van der Waals surface area contributed by atoms with Crippen molar-refractivity contribution in [2.75, 3.05) is 7.11 Å². The number of sulfone groups is 1. The molecule has 0 saturated heterocycles. The normalized spacial score (nSPS) is 11.2. The van der Waals surface area contributed by atoms with Gasteiger partial charge in [-0.15, -0.1) is 11.3 Å². The monoisotopic (exact) mass is 312 g/mol. The Bertz CT molecular complexity index is 713. The highest BCUT2D eigenvalue weighted by Crippen LogP contribution is 2.24. The van der Waals surface area contributed by atoms with Gasteiger partial charge >= 0.3 is 5.97 Å². The molecule has 2 rings (SSSR count). The molecule has 0 radical (unpaired) electrons. The highest BCUT2D eigenvalue weighted by Gasteiger charge is 2.20. The van der Waals surface area contributed by atoms with Gasteiger partial charge in [-0.3, -0.25) is 0 Å². The number of thiophene rings is 1. The lowest BCUT2D eigenvalue weighted by atomic mass is 10.3. The van der Waals surface area contributed by atoms with E-state index < -0.39 is 15.8 Å². The van der Waals surface area contributed by atoms with Crippen LogP contribution in [0.4, 0.5) is 0 Å². The summed E-state index contributed by atoms with van der Waals surface area (Å²) >= 11 is 1.02. The van der Waals surface area contributed by atoms with E-state index in [-0.39, 0.29) is 15.5 Å². The van der Waals surface area contributed by atoms with Crippen LogP contribution in [-0.4, -0.2) is 26.6 Å². The van der Waals surface area contributed by atoms with Crippen LogP contribution in [0.25, 0.3) is 0 Å². The molecule has 0 atom stereocenters. The van der Waals surface area contributed by atoms with Crippen LogP contribution in [0.2, 0.25) is 0 Å². The summed E-state index contributed by atoms with van der Waals surface area (Å²) in [6, 6.07) is 7.52. The molecule has 1 aromatic carbocycles. The SMILES string of the molecule is COc1ccc(S(=O)(=O)Cc2ccsc2C(=O)O)cc1. The standard InChI is InChI=1S/C13H12O5S2/c1-18-10-2-4-11(5-3-10)20(16,17)8-9-6-7-19-12(9)13(14)15/h2-7H,8H2,1H3,(H,14,15). The third-order valence-electron chi connectivity index (χ3n) is 2.71. The van der Waals surface area contributed by atoms with Gasteiger partial charge in [0, 0.05) is 0 Å². The fourth-order valence-electron chi connectivity index (χ4n) is 1.71. The van der Waals surface area contributed by atoms with E-state index in [0.29, 0.717) is 11.3 Å². The molecule has 7 heteroatoms. The Labute approximate surface area is 120 Å². The minimum absolute atomic E-state index is 0.0575.